The molecule has 2 fully saturated rings. The Hall–Kier alpha value is -2.13. The fourth-order valence-electron chi connectivity index (χ4n) is 3.47. The lowest BCUT2D eigenvalue weighted by molar-refractivity contribution is -0.137. The summed E-state index contributed by atoms with van der Waals surface area (Å²) < 4.78 is 39.0. The van der Waals surface area contributed by atoms with Crippen molar-refractivity contribution < 1.29 is 22.8 Å². The molecule has 2 amide bonds. The Bertz CT molecular complexity index is 681. The highest BCUT2D eigenvalue weighted by Crippen LogP contribution is 2.34. The lowest BCUT2D eigenvalue weighted by Gasteiger charge is -2.35. The predicted octanol–water partition coefficient (Wildman–Crippen LogP) is 1.54. The third-order valence-corrected chi connectivity index (χ3v) is 4.92. The van der Waals surface area contributed by atoms with Crippen molar-refractivity contribution in [1.82, 2.24) is 15.1 Å². The number of hydrogen-bond donors (Lipinski definition) is 2. The summed E-state index contributed by atoms with van der Waals surface area (Å²) in [5.74, 6) is -0.403. The molecule has 3 rings (SSSR count). The van der Waals surface area contributed by atoms with Crippen LogP contribution in [0.25, 0.3) is 0 Å². The first kappa shape index (κ1) is 19.6. The summed E-state index contributed by atoms with van der Waals surface area (Å²) in [5, 5.41) is 5.53. The second-order valence-corrected chi connectivity index (χ2v) is 6.84. The molecule has 0 aromatic heterocycles. The van der Waals surface area contributed by atoms with Crippen molar-refractivity contribution in [2.75, 3.05) is 44.6 Å². The van der Waals surface area contributed by atoms with E-state index in [4.69, 9.17) is 0 Å². The molecule has 2 aliphatic rings. The van der Waals surface area contributed by atoms with Gasteiger partial charge in [-0.25, -0.2) is 0 Å². The Kier molecular flexibility index (Phi) is 6.01. The maximum atomic E-state index is 13.0. The molecular formula is C18H23F3N4O2. The van der Waals surface area contributed by atoms with Gasteiger partial charge >= 0.3 is 6.18 Å². The lowest BCUT2D eigenvalue weighted by Crippen LogP contribution is -2.54. The van der Waals surface area contributed by atoms with Crippen LogP contribution >= 0.6 is 0 Å². The third kappa shape index (κ3) is 4.98. The summed E-state index contributed by atoms with van der Waals surface area (Å²) in [6.45, 7) is 2.93. The van der Waals surface area contributed by atoms with Crippen molar-refractivity contribution in [2.45, 2.75) is 25.1 Å². The molecule has 2 N–H and O–H groups in total. The highest BCUT2D eigenvalue weighted by molar-refractivity contribution is 5.93. The quantitative estimate of drug-likeness (QED) is 0.827. The number of amides is 2. The Labute approximate surface area is 155 Å². The van der Waals surface area contributed by atoms with E-state index in [0.717, 1.165) is 25.5 Å². The van der Waals surface area contributed by atoms with Crippen LogP contribution in [0.15, 0.2) is 24.3 Å². The van der Waals surface area contributed by atoms with E-state index >= 15 is 0 Å². The zero-order valence-corrected chi connectivity index (χ0v) is 14.9. The van der Waals surface area contributed by atoms with Gasteiger partial charge in [-0.05, 0) is 31.5 Å². The van der Waals surface area contributed by atoms with Gasteiger partial charge in [-0.2, -0.15) is 13.2 Å². The van der Waals surface area contributed by atoms with Crippen molar-refractivity contribution in [3.63, 3.8) is 0 Å². The minimum atomic E-state index is -4.52. The molecule has 27 heavy (non-hydrogen) atoms. The van der Waals surface area contributed by atoms with Gasteiger partial charge in [0.1, 0.15) is 0 Å². The van der Waals surface area contributed by atoms with Crippen LogP contribution in [0.4, 0.5) is 18.9 Å². The number of piperazine rings is 1. The van der Waals surface area contributed by atoms with Crippen molar-refractivity contribution in [1.29, 1.82) is 0 Å². The monoisotopic (exact) mass is 384 g/mol. The van der Waals surface area contributed by atoms with E-state index in [-0.39, 0.29) is 24.2 Å². The van der Waals surface area contributed by atoms with E-state index in [2.05, 4.69) is 10.6 Å². The Balaban J connectivity index is 1.49. The summed E-state index contributed by atoms with van der Waals surface area (Å²) in [6, 6.07) is 4.81. The molecule has 1 atom stereocenters. The Morgan fingerprint density at radius 3 is 2.48 bits per heavy atom. The Morgan fingerprint density at radius 1 is 1.15 bits per heavy atom. The highest BCUT2D eigenvalue weighted by Gasteiger charge is 2.34. The van der Waals surface area contributed by atoms with Crippen molar-refractivity contribution in [3.05, 3.63) is 29.8 Å². The van der Waals surface area contributed by atoms with E-state index in [9.17, 15) is 22.8 Å². The number of rotatable bonds is 4. The molecule has 1 aromatic rings. The van der Waals surface area contributed by atoms with Crippen LogP contribution in [0.3, 0.4) is 0 Å². The number of nitrogens with one attached hydrogen (secondary N) is 2. The van der Waals surface area contributed by atoms with Crippen LogP contribution in [0, 0.1) is 0 Å². The standard InChI is InChI=1S/C18H23F3N4O2/c19-18(20,21)13-4-1-2-5-14(13)23-16(26)12-24-8-10-25(11-9-24)17(27)15-6-3-7-22-15/h1-2,4-5,15,22H,3,6-12H2,(H,23,26). The molecule has 0 saturated carbocycles. The second-order valence-electron chi connectivity index (χ2n) is 6.84. The number of hydrogen-bond acceptors (Lipinski definition) is 4. The van der Waals surface area contributed by atoms with Gasteiger partial charge in [0.25, 0.3) is 0 Å². The summed E-state index contributed by atoms with van der Waals surface area (Å²) in [6.07, 6.45) is -2.68. The van der Waals surface area contributed by atoms with Crippen LogP contribution in [0.1, 0.15) is 18.4 Å². The van der Waals surface area contributed by atoms with Gasteiger partial charge in [-0.3, -0.25) is 14.5 Å². The van der Waals surface area contributed by atoms with Gasteiger partial charge in [0, 0.05) is 26.2 Å². The molecule has 0 spiro atoms. The van der Waals surface area contributed by atoms with Crippen molar-refractivity contribution >= 4 is 17.5 Å². The fourth-order valence-corrected chi connectivity index (χ4v) is 3.47. The van der Waals surface area contributed by atoms with E-state index < -0.39 is 17.6 Å². The fraction of sp³-hybridized carbons (Fsp3) is 0.556. The molecule has 6 nitrogen and oxygen atoms in total. The number of para-hydroxylation sites is 1. The molecular weight excluding hydrogens is 361 g/mol. The van der Waals surface area contributed by atoms with Crippen LogP contribution < -0.4 is 10.6 Å². The molecule has 148 valence electrons. The molecule has 0 aliphatic carbocycles. The zero-order chi connectivity index (χ0) is 19.4. The van der Waals surface area contributed by atoms with Crippen LogP contribution in [-0.4, -0.2) is 66.9 Å². The first-order chi connectivity index (χ1) is 12.8. The molecule has 1 unspecified atom stereocenters. The zero-order valence-electron chi connectivity index (χ0n) is 14.9. The molecule has 2 aliphatic heterocycles. The number of anilines is 1. The largest absolute Gasteiger partial charge is 0.418 e. The molecule has 2 saturated heterocycles. The van der Waals surface area contributed by atoms with Crippen LogP contribution in [0.5, 0.6) is 0 Å². The predicted molar refractivity (Wildman–Crippen MR) is 94.1 cm³/mol. The summed E-state index contributed by atoms with van der Waals surface area (Å²) in [4.78, 5) is 28.2. The number of alkyl halides is 3. The summed E-state index contributed by atoms with van der Waals surface area (Å²) in [7, 11) is 0. The van der Waals surface area contributed by atoms with E-state index in [1.165, 1.54) is 18.2 Å². The first-order valence-electron chi connectivity index (χ1n) is 9.05. The minimum absolute atomic E-state index is 0.00407. The van der Waals surface area contributed by atoms with E-state index in [0.29, 0.717) is 26.2 Å². The summed E-state index contributed by atoms with van der Waals surface area (Å²) in [5.41, 5.74) is -1.10. The number of carbonyl (C=O) groups excluding carboxylic acids is 2. The van der Waals surface area contributed by atoms with Crippen molar-refractivity contribution in [2.24, 2.45) is 0 Å². The highest BCUT2D eigenvalue weighted by atomic mass is 19.4. The molecule has 2 heterocycles. The van der Waals surface area contributed by atoms with Gasteiger partial charge in [-0.1, -0.05) is 12.1 Å². The second kappa shape index (κ2) is 8.26. The number of nitrogens with zero attached hydrogens (tertiary/aromatic N) is 2. The first-order valence-corrected chi connectivity index (χ1v) is 9.05. The van der Waals surface area contributed by atoms with Crippen LogP contribution in [-0.2, 0) is 15.8 Å². The third-order valence-electron chi connectivity index (χ3n) is 4.92. The molecule has 9 heteroatoms. The smallest absolute Gasteiger partial charge is 0.339 e. The number of halogens is 3. The van der Waals surface area contributed by atoms with Crippen LogP contribution in [0.2, 0.25) is 0 Å². The molecule has 0 radical (unpaired) electrons. The van der Waals surface area contributed by atoms with Crippen molar-refractivity contribution in [3.8, 4) is 0 Å². The topological polar surface area (TPSA) is 64.7 Å². The molecule has 0 bridgehead atoms. The average molecular weight is 384 g/mol. The lowest BCUT2D eigenvalue weighted by atomic mass is 10.1. The van der Waals surface area contributed by atoms with E-state index in [1.54, 1.807) is 4.90 Å². The maximum Gasteiger partial charge on any atom is 0.418 e. The van der Waals surface area contributed by atoms with E-state index in [1.807, 2.05) is 4.90 Å². The SMILES string of the molecule is O=C(CN1CCN(C(=O)C2CCCN2)CC1)Nc1ccccc1C(F)(F)F. The average Bonchev–Trinajstić information content (AvgIpc) is 3.16. The summed E-state index contributed by atoms with van der Waals surface area (Å²) >= 11 is 0. The van der Waals surface area contributed by atoms with Gasteiger partial charge in [0.05, 0.1) is 23.8 Å². The molecule has 1 aromatic carbocycles. The Morgan fingerprint density at radius 2 is 1.85 bits per heavy atom. The normalized spacial score (nSPS) is 21.3. The number of carbonyl (C=O) groups is 2. The minimum Gasteiger partial charge on any atom is -0.339 e. The van der Waals surface area contributed by atoms with Gasteiger partial charge in [-0.15, -0.1) is 0 Å². The maximum absolute atomic E-state index is 13.0. The van der Waals surface area contributed by atoms with Gasteiger partial charge in [0.2, 0.25) is 11.8 Å². The van der Waals surface area contributed by atoms with Gasteiger partial charge in [0.15, 0.2) is 0 Å². The number of benzene rings is 1. The van der Waals surface area contributed by atoms with Gasteiger partial charge < -0.3 is 15.5 Å².